The largest absolute Gasteiger partial charge is 0.415 e. The van der Waals surface area contributed by atoms with Crippen molar-refractivity contribution in [1.82, 2.24) is 9.47 Å². The van der Waals surface area contributed by atoms with Crippen LogP contribution >= 0.6 is 11.6 Å². The normalized spacial score (nSPS) is 11.1. The Morgan fingerprint density at radius 3 is 2.36 bits per heavy atom. The molecule has 176 valence electrons. The number of anilines is 1. The predicted octanol–water partition coefficient (Wildman–Crippen LogP) is 6.56. The van der Waals surface area contributed by atoms with Gasteiger partial charge < -0.3 is 19.5 Å². The number of rotatable bonds is 9. The van der Waals surface area contributed by atoms with Gasteiger partial charge in [-0.25, -0.2) is 4.79 Å². The van der Waals surface area contributed by atoms with Crippen LogP contribution in [0.15, 0.2) is 48.7 Å². The van der Waals surface area contributed by atoms with Gasteiger partial charge in [0, 0.05) is 42.2 Å². The van der Waals surface area contributed by atoms with Crippen molar-refractivity contribution in [3.05, 3.63) is 59.2 Å². The minimum absolute atomic E-state index is 0.0773. The third-order valence-electron chi connectivity index (χ3n) is 6.04. The van der Waals surface area contributed by atoms with Crippen LogP contribution in [0.4, 0.5) is 10.5 Å². The maximum Gasteiger partial charge on any atom is 0.415 e. The van der Waals surface area contributed by atoms with Crippen LogP contribution in [0.25, 0.3) is 10.9 Å². The molecule has 0 radical (unpaired) electrons. The van der Waals surface area contributed by atoms with Gasteiger partial charge in [-0.15, -0.1) is 0 Å². The van der Waals surface area contributed by atoms with E-state index in [0.717, 1.165) is 29.3 Å². The number of benzene rings is 2. The Labute approximate surface area is 200 Å². The molecule has 7 heteroatoms. The smallest absolute Gasteiger partial charge is 0.408 e. The molecule has 0 aliphatic heterocycles. The highest BCUT2D eigenvalue weighted by molar-refractivity contribution is 6.31. The summed E-state index contributed by atoms with van der Waals surface area (Å²) in [5.74, 6) is 0.150. The standard InChI is InChI=1S/C26H32ClN3O3/c1-5-18(6-2)25(31)28-24-20-15-16-30(17-19-11-9-10-12-21(19)27)22(20)13-14-23(24)33-26(32)29(7-3)8-4/h9-16,18H,5-8,17H2,1-4H3,(H,28,31). The maximum absolute atomic E-state index is 13.0. The van der Waals surface area contributed by atoms with E-state index in [9.17, 15) is 9.59 Å². The molecule has 6 nitrogen and oxygen atoms in total. The van der Waals surface area contributed by atoms with Crippen molar-refractivity contribution in [3.63, 3.8) is 0 Å². The van der Waals surface area contributed by atoms with Gasteiger partial charge in [-0.1, -0.05) is 43.6 Å². The highest BCUT2D eigenvalue weighted by Gasteiger charge is 2.22. The molecule has 0 fully saturated rings. The first kappa shape index (κ1) is 24.6. The summed E-state index contributed by atoms with van der Waals surface area (Å²) in [6.07, 6.45) is 2.99. The van der Waals surface area contributed by atoms with Crippen LogP contribution in [0, 0.1) is 5.92 Å². The van der Waals surface area contributed by atoms with Crippen molar-refractivity contribution in [3.8, 4) is 5.75 Å². The molecular weight excluding hydrogens is 438 g/mol. The third-order valence-corrected chi connectivity index (χ3v) is 6.41. The van der Waals surface area contributed by atoms with E-state index < -0.39 is 6.09 Å². The van der Waals surface area contributed by atoms with Crippen molar-refractivity contribution in [2.75, 3.05) is 18.4 Å². The molecule has 1 N–H and O–H groups in total. The zero-order chi connectivity index (χ0) is 24.0. The number of amides is 2. The van der Waals surface area contributed by atoms with Crippen LogP contribution in [0.3, 0.4) is 0 Å². The van der Waals surface area contributed by atoms with E-state index in [1.165, 1.54) is 0 Å². The number of nitrogens with zero attached hydrogens (tertiary/aromatic N) is 2. The van der Waals surface area contributed by atoms with Crippen molar-refractivity contribution in [2.24, 2.45) is 5.92 Å². The molecule has 0 atom stereocenters. The molecule has 0 saturated heterocycles. The predicted molar refractivity (Wildman–Crippen MR) is 134 cm³/mol. The van der Waals surface area contributed by atoms with E-state index in [-0.39, 0.29) is 11.8 Å². The number of hydrogen-bond acceptors (Lipinski definition) is 3. The Morgan fingerprint density at radius 2 is 1.73 bits per heavy atom. The number of ether oxygens (including phenoxy) is 1. The molecule has 1 aromatic heterocycles. The van der Waals surface area contributed by atoms with Gasteiger partial charge in [0.15, 0.2) is 5.75 Å². The van der Waals surface area contributed by atoms with Gasteiger partial charge >= 0.3 is 6.09 Å². The van der Waals surface area contributed by atoms with E-state index in [1.807, 2.05) is 70.3 Å². The number of fused-ring (bicyclic) bond motifs is 1. The van der Waals surface area contributed by atoms with Crippen molar-refractivity contribution >= 4 is 40.2 Å². The van der Waals surface area contributed by atoms with Crippen LogP contribution in [-0.4, -0.2) is 34.6 Å². The van der Waals surface area contributed by atoms with Crippen LogP contribution in [0.2, 0.25) is 5.02 Å². The highest BCUT2D eigenvalue weighted by Crippen LogP contribution is 2.36. The number of carbonyl (C=O) groups excluding carboxylic acids is 2. The van der Waals surface area contributed by atoms with Crippen molar-refractivity contribution in [1.29, 1.82) is 0 Å². The second-order valence-corrected chi connectivity index (χ2v) is 8.36. The molecule has 2 amide bonds. The van der Waals surface area contributed by atoms with E-state index in [0.29, 0.717) is 36.1 Å². The van der Waals surface area contributed by atoms with Gasteiger partial charge in [-0.2, -0.15) is 0 Å². The monoisotopic (exact) mass is 469 g/mol. The van der Waals surface area contributed by atoms with Gasteiger partial charge in [-0.3, -0.25) is 4.79 Å². The second-order valence-electron chi connectivity index (χ2n) is 7.95. The number of hydrogen-bond donors (Lipinski definition) is 1. The molecule has 0 unspecified atom stereocenters. The first-order valence-corrected chi connectivity index (χ1v) is 11.9. The molecule has 3 aromatic rings. The number of aromatic nitrogens is 1. The molecule has 1 heterocycles. The summed E-state index contributed by atoms with van der Waals surface area (Å²) in [5.41, 5.74) is 2.43. The zero-order valence-electron chi connectivity index (χ0n) is 19.7. The van der Waals surface area contributed by atoms with Gasteiger partial charge in [0.25, 0.3) is 0 Å². The maximum atomic E-state index is 13.0. The lowest BCUT2D eigenvalue weighted by atomic mass is 10.0. The van der Waals surface area contributed by atoms with Gasteiger partial charge in [0.1, 0.15) is 0 Å². The van der Waals surface area contributed by atoms with Gasteiger partial charge in [-0.05, 0) is 56.5 Å². The van der Waals surface area contributed by atoms with Crippen LogP contribution < -0.4 is 10.1 Å². The molecule has 0 spiro atoms. The average molecular weight is 470 g/mol. The fourth-order valence-corrected chi connectivity index (χ4v) is 4.14. The van der Waals surface area contributed by atoms with Gasteiger partial charge in [0.05, 0.1) is 11.2 Å². The second kappa shape index (κ2) is 11.2. The summed E-state index contributed by atoms with van der Waals surface area (Å²) in [7, 11) is 0. The Hall–Kier alpha value is -2.99. The SMILES string of the molecule is CCC(CC)C(=O)Nc1c(OC(=O)N(CC)CC)ccc2c1ccn2Cc1ccccc1Cl. The third kappa shape index (κ3) is 5.50. The van der Waals surface area contributed by atoms with E-state index >= 15 is 0 Å². The molecule has 0 aliphatic carbocycles. The summed E-state index contributed by atoms with van der Waals surface area (Å²) in [6, 6.07) is 13.3. The van der Waals surface area contributed by atoms with Crippen molar-refractivity contribution in [2.45, 2.75) is 47.1 Å². The van der Waals surface area contributed by atoms with E-state index in [4.69, 9.17) is 16.3 Å². The summed E-state index contributed by atoms with van der Waals surface area (Å²) >= 11 is 6.37. The topological polar surface area (TPSA) is 63.6 Å². The number of halogens is 1. The lowest BCUT2D eigenvalue weighted by molar-refractivity contribution is -0.120. The van der Waals surface area contributed by atoms with Gasteiger partial charge in [0.2, 0.25) is 5.91 Å². The minimum atomic E-state index is -0.437. The molecule has 3 rings (SSSR count). The molecule has 0 bridgehead atoms. The number of carbonyl (C=O) groups is 2. The fourth-order valence-electron chi connectivity index (χ4n) is 3.94. The molecule has 0 aliphatic rings. The lowest BCUT2D eigenvalue weighted by Gasteiger charge is -2.21. The Bertz CT molecular complexity index is 1120. The number of nitrogens with one attached hydrogen (secondary N) is 1. The summed E-state index contributed by atoms with van der Waals surface area (Å²) in [6.45, 7) is 9.46. The summed E-state index contributed by atoms with van der Waals surface area (Å²) in [5, 5.41) is 4.56. The first-order valence-electron chi connectivity index (χ1n) is 11.6. The average Bonchev–Trinajstić information content (AvgIpc) is 3.21. The Balaban J connectivity index is 2.03. The van der Waals surface area contributed by atoms with E-state index in [1.54, 1.807) is 11.0 Å². The quantitative estimate of drug-likeness (QED) is 0.386. The Morgan fingerprint density at radius 1 is 1.03 bits per heavy atom. The fraction of sp³-hybridized carbons (Fsp3) is 0.385. The molecular formula is C26H32ClN3O3. The van der Waals surface area contributed by atoms with Crippen LogP contribution in [0.1, 0.15) is 46.1 Å². The molecule has 33 heavy (non-hydrogen) atoms. The van der Waals surface area contributed by atoms with Crippen LogP contribution in [-0.2, 0) is 11.3 Å². The summed E-state index contributed by atoms with van der Waals surface area (Å²) in [4.78, 5) is 27.2. The Kier molecular flexibility index (Phi) is 8.39. The summed E-state index contributed by atoms with van der Waals surface area (Å²) < 4.78 is 7.80. The van der Waals surface area contributed by atoms with Crippen molar-refractivity contribution < 1.29 is 14.3 Å². The van der Waals surface area contributed by atoms with Crippen LogP contribution in [0.5, 0.6) is 5.75 Å². The first-order chi connectivity index (χ1) is 15.9. The van der Waals surface area contributed by atoms with E-state index in [2.05, 4.69) is 9.88 Å². The zero-order valence-corrected chi connectivity index (χ0v) is 20.5. The minimum Gasteiger partial charge on any atom is -0.408 e. The highest BCUT2D eigenvalue weighted by atomic mass is 35.5. The molecule has 0 saturated carbocycles. The molecule has 2 aromatic carbocycles. The lowest BCUT2D eigenvalue weighted by Crippen LogP contribution is -2.33.